The number of ether oxygens (including phenoxy) is 1. The van der Waals surface area contributed by atoms with E-state index < -0.39 is 0 Å². The lowest BCUT2D eigenvalue weighted by Gasteiger charge is -2.08. The van der Waals surface area contributed by atoms with Crippen molar-refractivity contribution in [3.63, 3.8) is 0 Å². The maximum atomic E-state index is 12.3. The third-order valence-corrected chi connectivity index (χ3v) is 3.85. The Morgan fingerprint density at radius 2 is 2.25 bits per heavy atom. The van der Waals surface area contributed by atoms with Gasteiger partial charge in [-0.3, -0.25) is 9.36 Å². The molecule has 1 aromatic carbocycles. The largest absolute Gasteiger partial charge is 0.497 e. The quantitative estimate of drug-likeness (QED) is 0.749. The van der Waals surface area contributed by atoms with E-state index in [9.17, 15) is 4.79 Å². The molecule has 102 valence electrons. The van der Waals surface area contributed by atoms with Crippen molar-refractivity contribution < 1.29 is 4.74 Å². The van der Waals surface area contributed by atoms with Crippen molar-refractivity contribution in [1.82, 2.24) is 9.55 Å². The van der Waals surface area contributed by atoms with Crippen LogP contribution >= 0.6 is 11.3 Å². The van der Waals surface area contributed by atoms with Gasteiger partial charge in [-0.15, -0.1) is 11.3 Å². The molecule has 0 bridgehead atoms. The van der Waals surface area contributed by atoms with E-state index in [0.29, 0.717) is 23.4 Å². The number of benzene rings is 1. The molecule has 0 spiro atoms. The molecule has 3 rings (SSSR count). The second-order valence-corrected chi connectivity index (χ2v) is 5.33. The zero-order valence-corrected chi connectivity index (χ0v) is 11.7. The molecule has 0 fully saturated rings. The van der Waals surface area contributed by atoms with Gasteiger partial charge in [0.1, 0.15) is 10.6 Å². The highest BCUT2D eigenvalue weighted by atomic mass is 32.1. The first kappa shape index (κ1) is 12.7. The molecule has 0 atom stereocenters. The minimum atomic E-state index is -0.0439. The predicted molar refractivity (Wildman–Crippen MR) is 80.4 cm³/mol. The van der Waals surface area contributed by atoms with E-state index >= 15 is 0 Å². The van der Waals surface area contributed by atoms with Crippen molar-refractivity contribution in [2.75, 3.05) is 12.8 Å². The summed E-state index contributed by atoms with van der Waals surface area (Å²) in [5.41, 5.74) is 7.29. The maximum absolute atomic E-state index is 12.3. The first-order chi connectivity index (χ1) is 9.67. The van der Waals surface area contributed by atoms with Gasteiger partial charge in [-0.25, -0.2) is 4.98 Å². The highest BCUT2D eigenvalue weighted by Gasteiger charge is 2.06. The van der Waals surface area contributed by atoms with Crippen LogP contribution in [0.3, 0.4) is 0 Å². The Morgan fingerprint density at radius 3 is 3.05 bits per heavy atom. The van der Waals surface area contributed by atoms with Gasteiger partial charge in [-0.2, -0.15) is 0 Å². The van der Waals surface area contributed by atoms with Gasteiger partial charge in [0, 0.05) is 11.8 Å². The number of aromatic nitrogens is 2. The number of hydrogen-bond donors (Lipinski definition) is 1. The normalized spacial score (nSPS) is 10.8. The molecule has 2 N–H and O–H groups in total. The topological polar surface area (TPSA) is 70.1 Å². The third-order valence-electron chi connectivity index (χ3n) is 3.03. The van der Waals surface area contributed by atoms with Crippen LogP contribution in [0.25, 0.3) is 10.2 Å². The first-order valence-electron chi connectivity index (χ1n) is 6.03. The van der Waals surface area contributed by atoms with Gasteiger partial charge in [-0.05, 0) is 29.1 Å². The highest BCUT2D eigenvalue weighted by molar-refractivity contribution is 7.16. The van der Waals surface area contributed by atoms with E-state index in [4.69, 9.17) is 10.5 Å². The van der Waals surface area contributed by atoms with Gasteiger partial charge in [0.25, 0.3) is 5.56 Å². The van der Waals surface area contributed by atoms with Crippen molar-refractivity contribution in [2.45, 2.75) is 6.54 Å². The molecule has 0 aliphatic heterocycles. The Hall–Kier alpha value is -2.34. The van der Waals surface area contributed by atoms with Crippen LogP contribution in [0, 0.1) is 0 Å². The number of rotatable bonds is 3. The molecule has 0 aliphatic rings. The Kier molecular flexibility index (Phi) is 3.15. The van der Waals surface area contributed by atoms with E-state index in [0.717, 1.165) is 10.4 Å². The number of fused-ring (bicyclic) bond motifs is 1. The number of hydrogen-bond acceptors (Lipinski definition) is 5. The van der Waals surface area contributed by atoms with Crippen LogP contribution in [0.4, 0.5) is 5.69 Å². The van der Waals surface area contributed by atoms with Gasteiger partial charge in [0.15, 0.2) is 0 Å². The number of thiophene rings is 1. The summed E-state index contributed by atoms with van der Waals surface area (Å²) in [6, 6.07) is 7.23. The van der Waals surface area contributed by atoms with Crippen molar-refractivity contribution in [3.8, 4) is 5.75 Å². The van der Waals surface area contributed by atoms with Crippen LogP contribution in [-0.4, -0.2) is 16.7 Å². The Balaban J connectivity index is 2.02. The fourth-order valence-electron chi connectivity index (χ4n) is 2.10. The van der Waals surface area contributed by atoms with Crippen LogP contribution < -0.4 is 16.0 Å². The van der Waals surface area contributed by atoms with Crippen LogP contribution in [0.1, 0.15) is 5.56 Å². The van der Waals surface area contributed by atoms with Gasteiger partial charge >= 0.3 is 0 Å². The van der Waals surface area contributed by atoms with E-state index in [-0.39, 0.29) is 5.56 Å². The zero-order valence-electron chi connectivity index (χ0n) is 10.9. The molecule has 0 saturated heterocycles. The summed E-state index contributed by atoms with van der Waals surface area (Å²) in [4.78, 5) is 17.3. The molecule has 0 radical (unpaired) electrons. The average Bonchev–Trinajstić information content (AvgIpc) is 2.90. The van der Waals surface area contributed by atoms with E-state index in [1.165, 1.54) is 11.3 Å². The summed E-state index contributed by atoms with van der Waals surface area (Å²) in [7, 11) is 1.59. The van der Waals surface area contributed by atoms with Gasteiger partial charge in [0.05, 0.1) is 25.4 Å². The third kappa shape index (κ3) is 2.25. The summed E-state index contributed by atoms with van der Waals surface area (Å²) in [6.45, 7) is 0.416. The van der Waals surface area contributed by atoms with Gasteiger partial charge < -0.3 is 10.5 Å². The summed E-state index contributed by atoms with van der Waals surface area (Å²) in [5, 5.41) is 2.51. The van der Waals surface area contributed by atoms with Crippen LogP contribution in [0.5, 0.6) is 5.75 Å². The Morgan fingerprint density at radius 1 is 1.40 bits per heavy atom. The Bertz CT molecular complexity index is 823. The molecule has 6 heteroatoms. The predicted octanol–water partition coefficient (Wildman–Crippen LogP) is 2.10. The molecule has 20 heavy (non-hydrogen) atoms. The highest BCUT2D eigenvalue weighted by Crippen LogP contribution is 2.19. The molecule has 2 heterocycles. The van der Waals surface area contributed by atoms with Gasteiger partial charge in [-0.1, -0.05) is 0 Å². The van der Waals surface area contributed by atoms with Crippen LogP contribution in [0.2, 0.25) is 0 Å². The lowest BCUT2D eigenvalue weighted by molar-refractivity contribution is 0.414. The smallest absolute Gasteiger partial charge is 0.262 e. The Labute approximate surface area is 119 Å². The lowest BCUT2D eigenvalue weighted by Crippen LogP contribution is -2.20. The van der Waals surface area contributed by atoms with E-state index in [1.54, 1.807) is 30.1 Å². The van der Waals surface area contributed by atoms with Crippen LogP contribution in [-0.2, 0) is 6.54 Å². The summed E-state index contributed by atoms with van der Waals surface area (Å²) in [6.07, 6.45) is 1.57. The van der Waals surface area contributed by atoms with Gasteiger partial charge in [0.2, 0.25) is 0 Å². The minimum Gasteiger partial charge on any atom is -0.497 e. The summed E-state index contributed by atoms with van der Waals surface area (Å²) in [5.74, 6) is 0.678. The summed E-state index contributed by atoms with van der Waals surface area (Å²) >= 11 is 1.46. The van der Waals surface area contributed by atoms with Crippen molar-refractivity contribution in [3.05, 3.63) is 51.9 Å². The average molecular weight is 287 g/mol. The fraction of sp³-hybridized carbons (Fsp3) is 0.143. The first-order valence-corrected chi connectivity index (χ1v) is 6.91. The molecular weight excluding hydrogens is 274 g/mol. The second kappa shape index (κ2) is 4.97. The second-order valence-electron chi connectivity index (χ2n) is 4.43. The van der Waals surface area contributed by atoms with Crippen LogP contribution in [0.15, 0.2) is 40.8 Å². The minimum absolute atomic E-state index is 0.0439. The maximum Gasteiger partial charge on any atom is 0.262 e. The van der Waals surface area contributed by atoms with E-state index in [1.807, 2.05) is 17.5 Å². The number of nitrogens with two attached hydrogens (primary N) is 1. The molecular formula is C14H13N3O2S. The molecule has 3 aromatic rings. The molecule has 0 aliphatic carbocycles. The van der Waals surface area contributed by atoms with Crippen molar-refractivity contribution in [1.29, 1.82) is 0 Å². The van der Waals surface area contributed by atoms with Crippen molar-refractivity contribution >= 4 is 27.2 Å². The van der Waals surface area contributed by atoms with E-state index in [2.05, 4.69) is 4.98 Å². The number of anilines is 1. The molecule has 0 saturated carbocycles. The SMILES string of the molecule is COc1cc(N)cc(Cn2cnc3sccc3c2=O)c1. The fourth-order valence-corrected chi connectivity index (χ4v) is 2.82. The molecule has 5 nitrogen and oxygen atoms in total. The lowest BCUT2D eigenvalue weighted by atomic mass is 10.2. The number of methoxy groups -OCH3 is 1. The van der Waals surface area contributed by atoms with Crippen molar-refractivity contribution in [2.24, 2.45) is 0 Å². The number of nitrogen functional groups attached to an aromatic ring is 1. The summed E-state index contributed by atoms with van der Waals surface area (Å²) < 4.78 is 6.75. The molecule has 0 amide bonds. The zero-order chi connectivity index (χ0) is 14.1. The monoisotopic (exact) mass is 287 g/mol. The standard InChI is InChI=1S/C14H13N3O2S/c1-19-11-5-9(4-10(15)6-11)7-17-8-16-13-12(14(17)18)2-3-20-13/h2-6,8H,7,15H2,1H3. The number of nitrogens with zero attached hydrogens (tertiary/aromatic N) is 2. The molecule has 0 unspecified atom stereocenters. The molecule has 2 aromatic heterocycles.